The van der Waals surface area contributed by atoms with E-state index in [1.54, 1.807) is 13.0 Å². The van der Waals surface area contributed by atoms with Crippen LogP contribution < -0.4 is 0 Å². The van der Waals surface area contributed by atoms with Gasteiger partial charge in [0.15, 0.2) is 0 Å². The predicted octanol–water partition coefficient (Wildman–Crippen LogP) is 1.65. The van der Waals surface area contributed by atoms with Crippen molar-refractivity contribution in [2.45, 2.75) is 31.3 Å². The van der Waals surface area contributed by atoms with Crippen molar-refractivity contribution < 1.29 is 61.4 Å². The lowest BCUT2D eigenvalue weighted by Gasteiger charge is -2.19. The minimum Gasteiger partial charge on any atom is -0.387 e. The van der Waals surface area contributed by atoms with E-state index in [1.165, 1.54) is 0 Å². The molecule has 0 saturated carbocycles. The topological polar surface area (TPSA) is 210 Å². The highest BCUT2D eigenvalue weighted by Crippen LogP contribution is 2.66. The summed E-state index contributed by atoms with van der Waals surface area (Å²) in [4.78, 5) is 35.8. The third-order valence-corrected chi connectivity index (χ3v) is 8.42. The summed E-state index contributed by atoms with van der Waals surface area (Å²) in [7, 11) is -16.6. The number of aliphatic hydroxyl groups excluding tert-OH is 2. The fourth-order valence-corrected chi connectivity index (χ4v) is 6.32. The molecule has 0 aromatic heterocycles. The molecule has 1 saturated heterocycles. The second kappa shape index (κ2) is 9.32. The SMILES string of the molecule is Cc1cc2ccccc2cc1[C@@H]1O[C@H](COP(=O)(O)OP(=O)(O)OP(=O)(O)O)C(O)[C@@H]1O. The summed E-state index contributed by atoms with van der Waals surface area (Å²) >= 11 is 0. The standard InChI is InChI=1S/C16H21O13P3/c1-9-6-10-4-2-3-5-11(10)7-12(9)16-15(18)14(17)13(27-16)8-26-31(22,23)29-32(24,25)28-30(19,20)21/h2-7,13-18H,8H2,1H3,(H,22,23)(H,24,25)(H2,19,20,21)/t13-,14?,15+,16+/m1/s1. The fourth-order valence-electron chi connectivity index (χ4n) is 3.29. The number of phosphoric acid groups is 3. The average Bonchev–Trinajstić information content (AvgIpc) is 2.91. The van der Waals surface area contributed by atoms with Crippen molar-refractivity contribution in [1.82, 2.24) is 0 Å². The molecule has 178 valence electrons. The van der Waals surface area contributed by atoms with Crippen LogP contribution in [-0.4, -0.2) is 54.7 Å². The van der Waals surface area contributed by atoms with E-state index in [-0.39, 0.29) is 0 Å². The minimum absolute atomic E-state index is 0.566. The number of hydrogen-bond donors (Lipinski definition) is 6. The summed E-state index contributed by atoms with van der Waals surface area (Å²) in [6.45, 7) is 0.911. The summed E-state index contributed by atoms with van der Waals surface area (Å²) in [6, 6.07) is 11.1. The lowest BCUT2D eigenvalue weighted by molar-refractivity contribution is -0.0223. The van der Waals surface area contributed by atoms with Gasteiger partial charge < -0.3 is 34.5 Å². The molecule has 1 fully saturated rings. The number of rotatable bonds is 8. The minimum atomic E-state index is -5.67. The highest BCUT2D eigenvalue weighted by Gasteiger charge is 2.46. The van der Waals surface area contributed by atoms with Crippen LogP contribution in [0.1, 0.15) is 17.2 Å². The molecule has 3 rings (SSSR count). The van der Waals surface area contributed by atoms with Gasteiger partial charge in [0, 0.05) is 0 Å². The Morgan fingerprint density at radius 3 is 2.09 bits per heavy atom. The molecule has 16 heteroatoms. The van der Waals surface area contributed by atoms with Gasteiger partial charge in [0.05, 0.1) is 6.61 Å². The van der Waals surface area contributed by atoms with Crippen LogP contribution in [-0.2, 0) is 31.6 Å². The molecule has 3 unspecified atom stereocenters. The first-order chi connectivity index (χ1) is 14.7. The second-order valence-electron chi connectivity index (χ2n) is 7.02. The van der Waals surface area contributed by atoms with Gasteiger partial charge >= 0.3 is 23.5 Å². The van der Waals surface area contributed by atoms with Crippen molar-refractivity contribution in [3.8, 4) is 0 Å². The molecule has 13 nitrogen and oxygen atoms in total. The van der Waals surface area contributed by atoms with E-state index in [9.17, 15) is 28.8 Å². The zero-order chi connectivity index (χ0) is 23.9. The van der Waals surface area contributed by atoms with Crippen molar-refractivity contribution in [2.75, 3.05) is 6.61 Å². The van der Waals surface area contributed by atoms with E-state index < -0.39 is 54.5 Å². The number of ether oxygens (including phenoxy) is 1. The Bertz CT molecular complexity index is 1130. The van der Waals surface area contributed by atoms with E-state index in [0.29, 0.717) is 5.56 Å². The summed E-state index contributed by atoms with van der Waals surface area (Å²) in [5.41, 5.74) is 1.32. The number of hydrogen-bond acceptors (Lipinski definition) is 9. The van der Waals surface area contributed by atoms with Gasteiger partial charge in [-0.25, -0.2) is 13.7 Å². The zero-order valence-electron chi connectivity index (χ0n) is 16.4. The van der Waals surface area contributed by atoms with Gasteiger partial charge in [-0.2, -0.15) is 8.62 Å². The number of aryl methyl sites for hydroxylation is 1. The van der Waals surface area contributed by atoms with E-state index in [0.717, 1.165) is 16.3 Å². The Hall–Kier alpha value is -1.01. The van der Waals surface area contributed by atoms with Gasteiger partial charge in [-0.1, -0.05) is 30.3 Å². The molecule has 0 spiro atoms. The Morgan fingerprint density at radius 2 is 1.50 bits per heavy atom. The normalized spacial score (nSPS) is 27.8. The Balaban J connectivity index is 1.71. The maximum atomic E-state index is 11.9. The smallest absolute Gasteiger partial charge is 0.387 e. The van der Waals surface area contributed by atoms with Crippen LogP contribution in [0.25, 0.3) is 10.8 Å². The molecule has 0 bridgehead atoms. The second-order valence-corrected chi connectivity index (χ2v) is 11.4. The van der Waals surface area contributed by atoms with Crippen LogP contribution in [0.5, 0.6) is 0 Å². The molecule has 0 amide bonds. The summed E-state index contributed by atoms with van der Waals surface area (Å²) < 4.78 is 51.2. The zero-order valence-corrected chi connectivity index (χ0v) is 19.0. The van der Waals surface area contributed by atoms with Crippen molar-refractivity contribution in [3.05, 3.63) is 47.5 Å². The van der Waals surface area contributed by atoms with Crippen LogP contribution >= 0.6 is 23.5 Å². The molecule has 2 aromatic rings. The first kappa shape index (κ1) is 25.6. The molecule has 1 heterocycles. The van der Waals surface area contributed by atoms with Crippen LogP contribution in [0.15, 0.2) is 36.4 Å². The molecule has 6 N–H and O–H groups in total. The van der Waals surface area contributed by atoms with Gasteiger partial charge in [-0.3, -0.25) is 4.52 Å². The van der Waals surface area contributed by atoms with Crippen LogP contribution in [0.2, 0.25) is 0 Å². The quantitative estimate of drug-likeness (QED) is 0.277. The first-order valence-electron chi connectivity index (χ1n) is 8.97. The van der Waals surface area contributed by atoms with E-state index in [2.05, 4.69) is 13.1 Å². The predicted molar refractivity (Wildman–Crippen MR) is 108 cm³/mol. The summed E-state index contributed by atoms with van der Waals surface area (Å²) in [6.07, 6.45) is -5.34. The van der Waals surface area contributed by atoms with Crippen molar-refractivity contribution >= 4 is 34.2 Å². The molecular weight excluding hydrogens is 493 g/mol. The Morgan fingerprint density at radius 1 is 0.906 bits per heavy atom. The molecule has 32 heavy (non-hydrogen) atoms. The Kier molecular flexibility index (Phi) is 7.46. The first-order valence-corrected chi connectivity index (χ1v) is 13.5. The van der Waals surface area contributed by atoms with Gasteiger partial charge in [0.1, 0.15) is 24.4 Å². The number of fused-ring (bicyclic) bond motifs is 1. The van der Waals surface area contributed by atoms with Crippen LogP contribution in [0, 0.1) is 6.92 Å². The molecule has 0 radical (unpaired) electrons. The summed E-state index contributed by atoms with van der Waals surface area (Å²) in [5, 5.41) is 22.5. The number of aliphatic hydroxyl groups is 2. The van der Waals surface area contributed by atoms with Crippen molar-refractivity contribution in [3.63, 3.8) is 0 Å². The average molecular weight is 514 g/mol. The van der Waals surface area contributed by atoms with Gasteiger partial charge in [0.25, 0.3) is 0 Å². The molecule has 6 atom stereocenters. The van der Waals surface area contributed by atoms with Crippen LogP contribution in [0.4, 0.5) is 0 Å². The van der Waals surface area contributed by atoms with Crippen LogP contribution in [0.3, 0.4) is 0 Å². The van der Waals surface area contributed by atoms with E-state index >= 15 is 0 Å². The van der Waals surface area contributed by atoms with Crippen molar-refractivity contribution in [1.29, 1.82) is 0 Å². The van der Waals surface area contributed by atoms with Gasteiger partial charge in [0.2, 0.25) is 0 Å². The number of benzene rings is 2. The fraction of sp³-hybridized carbons (Fsp3) is 0.375. The maximum absolute atomic E-state index is 11.9. The molecular formula is C16H21O13P3. The van der Waals surface area contributed by atoms with E-state index in [1.807, 2.05) is 30.3 Å². The maximum Gasteiger partial charge on any atom is 0.490 e. The highest BCUT2D eigenvalue weighted by molar-refractivity contribution is 7.66. The van der Waals surface area contributed by atoms with Gasteiger partial charge in [-0.15, -0.1) is 0 Å². The Labute approximate surface area is 181 Å². The monoisotopic (exact) mass is 514 g/mol. The highest BCUT2D eigenvalue weighted by atomic mass is 31.3. The van der Waals surface area contributed by atoms with Crippen molar-refractivity contribution in [2.24, 2.45) is 0 Å². The summed E-state index contributed by atoms with van der Waals surface area (Å²) in [5.74, 6) is 0. The molecule has 1 aliphatic heterocycles. The lowest BCUT2D eigenvalue weighted by Crippen LogP contribution is -2.33. The molecule has 1 aliphatic rings. The molecule has 0 aliphatic carbocycles. The molecule has 2 aromatic carbocycles. The number of phosphoric ester groups is 1. The van der Waals surface area contributed by atoms with E-state index in [4.69, 9.17) is 19.4 Å². The third kappa shape index (κ3) is 6.31. The largest absolute Gasteiger partial charge is 0.490 e. The van der Waals surface area contributed by atoms with Gasteiger partial charge in [-0.05, 0) is 34.9 Å². The third-order valence-electron chi connectivity index (χ3n) is 4.62. The lowest BCUT2D eigenvalue weighted by atomic mass is 9.94.